The Morgan fingerprint density at radius 2 is 2.32 bits per heavy atom. The molecule has 0 aromatic carbocycles. The molecule has 120 valence electrons. The minimum Gasteiger partial charge on any atom is -0.447 e. The molecule has 2 aliphatic rings. The van der Waals surface area contributed by atoms with Crippen molar-refractivity contribution in [1.29, 1.82) is 0 Å². The molecule has 2 aliphatic heterocycles. The van der Waals surface area contributed by atoms with Gasteiger partial charge in [0, 0.05) is 32.6 Å². The molecular formula is C14H21N5O3. The van der Waals surface area contributed by atoms with Crippen LogP contribution in [0.2, 0.25) is 0 Å². The smallest absolute Gasteiger partial charge is 0.410 e. The van der Waals surface area contributed by atoms with E-state index in [0.29, 0.717) is 39.2 Å². The van der Waals surface area contributed by atoms with E-state index in [1.54, 1.807) is 15.9 Å². The van der Waals surface area contributed by atoms with E-state index in [1.165, 1.54) is 6.33 Å². The minimum atomic E-state index is -0.336. The van der Waals surface area contributed by atoms with Crippen LogP contribution in [-0.4, -0.2) is 68.3 Å². The van der Waals surface area contributed by atoms with Gasteiger partial charge in [-0.15, -0.1) is 0 Å². The number of nitrogens with zero attached hydrogens (tertiary/aromatic N) is 5. The number of cyclic esters (lactones) is 1. The van der Waals surface area contributed by atoms with Gasteiger partial charge < -0.3 is 9.64 Å². The number of fused-ring (bicyclic) bond motifs is 1. The van der Waals surface area contributed by atoms with E-state index in [-0.39, 0.29) is 17.5 Å². The average Bonchev–Trinajstić information content (AvgIpc) is 3.16. The first-order valence-corrected chi connectivity index (χ1v) is 7.69. The Labute approximate surface area is 129 Å². The lowest BCUT2D eigenvalue weighted by Crippen LogP contribution is -2.62. The number of piperazine rings is 1. The van der Waals surface area contributed by atoms with Gasteiger partial charge in [0.25, 0.3) is 0 Å². The van der Waals surface area contributed by atoms with E-state index in [9.17, 15) is 9.59 Å². The van der Waals surface area contributed by atoms with Gasteiger partial charge >= 0.3 is 6.09 Å². The van der Waals surface area contributed by atoms with Crippen LogP contribution in [0.4, 0.5) is 4.79 Å². The highest BCUT2D eigenvalue weighted by atomic mass is 16.6. The lowest BCUT2D eigenvalue weighted by Gasteiger charge is -2.44. The average molecular weight is 307 g/mol. The third kappa shape index (κ3) is 2.65. The Kier molecular flexibility index (Phi) is 4.00. The highest BCUT2D eigenvalue weighted by Crippen LogP contribution is 2.31. The predicted molar refractivity (Wildman–Crippen MR) is 76.9 cm³/mol. The molecule has 1 aromatic rings. The molecule has 1 unspecified atom stereocenters. The number of hydrogen-bond acceptors (Lipinski definition) is 5. The molecule has 8 nitrogen and oxygen atoms in total. The molecule has 2 amide bonds. The van der Waals surface area contributed by atoms with Gasteiger partial charge in [-0.05, 0) is 12.8 Å². The van der Waals surface area contributed by atoms with Crippen molar-refractivity contribution in [3.8, 4) is 0 Å². The van der Waals surface area contributed by atoms with Crippen molar-refractivity contribution in [2.24, 2.45) is 0 Å². The number of rotatable bonds is 5. The number of hydrogen-bond donors (Lipinski definition) is 0. The molecule has 0 radical (unpaired) electrons. The van der Waals surface area contributed by atoms with Gasteiger partial charge in [0.15, 0.2) is 0 Å². The minimum absolute atomic E-state index is 0.131. The fourth-order valence-corrected chi connectivity index (χ4v) is 3.18. The molecule has 2 fully saturated rings. The molecule has 0 aliphatic carbocycles. The van der Waals surface area contributed by atoms with Crippen LogP contribution >= 0.6 is 0 Å². The molecule has 1 aromatic heterocycles. The number of carbonyl (C=O) groups is 2. The first-order valence-electron chi connectivity index (χ1n) is 7.69. The van der Waals surface area contributed by atoms with Crippen molar-refractivity contribution >= 4 is 12.0 Å². The Morgan fingerprint density at radius 1 is 1.45 bits per heavy atom. The molecule has 0 N–H and O–H groups in total. The third-order valence-corrected chi connectivity index (χ3v) is 4.59. The lowest BCUT2D eigenvalue weighted by atomic mass is 9.92. The molecule has 2 saturated heterocycles. The number of ether oxygens (including phenoxy) is 1. The number of amides is 2. The SMILES string of the molecule is CCC12COC(=O)N1CCN(C(=O)CCCn1cncn1)C2. The largest absolute Gasteiger partial charge is 0.447 e. The summed E-state index contributed by atoms with van der Waals surface area (Å²) < 4.78 is 6.91. The maximum Gasteiger partial charge on any atom is 0.410 e. The zero-order chi connectivity index (χ0) is 15.6. The Balaban J connectivity index is 1.54. The van der Waals surface area contributed by atoms with E-state index in [0.717, 1.165) is 12.8 Å². The van der Waals surface area contributed by atoms with Gasteiger partial charge in [0.05, 0.1) is 5.54 Å². The van der Waals surface area contributed by atoms with Crippen LogP contribution in [0.25, 0.3) is 0 Å². The van der Waals surface area contributed by atoms with Crippen LogP contribution < -0.4 is 0 Å². The molecule has 3 rings (SSSR count). The normalized spacial score (nSPS) is 24.3. The van der Waals surface area contributed by atoms with Gasteiger partial charge in [0.2, 0.25) is 5.91 Å². The van der Waals surface area contributed by atoms with Crippen molar-refractivity contribution < 1.29 is 14.3 Å². The molecular weight excluding hydrogens is 286 g/mol. The monoisotopic (exact) mass is 307 g/mol. The highest BCUT2D eigenvalue weighted by molar-refractivity contribution is 5.77. The van der Waals surface area contributed by atoms with Crippen LogP contribution in [-0.2, 0) is 16.1 Å². The Morgan fingerprint density at radius 3 is 3.05 bits per heavy atom. The number of carbonyl (C=O) groups excluding carboxylic acids is 2. The second-order valence-corrected chi connectivity index (χ2v) is 5.86. The van der Waals surface area contributed by atoms with Crippen molar-refractivity contribution in [2.45, 2.75) is 38.3 Å². The molecule has 0 spiro atoms. The molecule has 3 heterocycles. The lowest BCUT2D eigenvalue weighted by molar-refractivity contribution is -0.135. The molecule has 22 heavy (non-hydrogen) atoms. The summed E-state index contributed by atoms with van der Waals surface area (Å²) in [6.45, 7) is 4.81. The van der Waals surface area contributed by atoms with Crippen molar-refractivity contribution in [2.75, 3.05) is 26.2 Å². The summed E-state index contributed by atoms with van der Waals surface area (Å²) in [6, 6.07) is 0. The van der Waals surface area contributed by atoms with Gasteiger partial charge in [0.1, 0.15) is 19.3 Å². The van der Waals surface area contributed by atoms with E-state index < -0.39 is 0 Å². The van der Waals surface area contributed by atoms with Gasteiger partial charge in [-0.1, -0.05) is 6.92 Å². The van der Waals surface area contributed by atoms with Crippen LogP contribution in [0.5, 0.6) is 0 Å². The molecule has 0 saturated carbocycles. The predicted octanol–water partition coefficient (Wildman–Crippen LogP) is 0.501. The maximum atomic E-state index is 12.4. The fourth-order valence-electron chi connectivity index (χ4n) is 3.18. The van der Waals surface area contributed by atoms with Crippen LogP contribution in [0.3, 0.4) is 0 Å². The topological polar surface area (TPSA) is 80.6 Å². The van der Waals surface area contributed by atoms with Crippen molar-refractivity contribution in [3.63, 3.8) is 0 Å². The number of aryl methyl sites for hydroxylation is 1. The second kappa shape index (κ2) is 5.94. The van der Waals surface area contributed by atoms with Crippen LogP contribution in [0, 0.1) is 0 Å². The van der Waals surface area contributed by atoms with Crippen molar-refractivity contribution in [1.82, 2.24) is 24.6 Å². The Hall–Kier alpha value is -2.12. The Bertz CT molecular complexity index is 547. The summed E-state index contributed by atoms with van der Waals surface area (Å²) in [7, 11) is 0. The van der Waals surface area contributed by atoms with E-state index in [2.05, 4.69) is 10.1 Å². The quantitative estimate of drug-likeness (QED) is 0.791. The fraction of sp³-hybridized carbons (Fsp3) is 0.714. The summed E-state index contributed by atoms with van der Waals surface area (Å²) in [4.78, 5) is 31.7. The van der Waals surface area contributed by atoms with Crippen LogP contribution in [0.1, 0.15) is 26.2 Å². The molecule has 8 heteroatoms. The first kappa shape index (κ1) is 14.8. The van der Waals surface area contributed by atoms with Gasteiger partial charge in [-0.2, -0.15) is 5.10 Å². The third-order valence-electron chi connectivity index (χ3n) is 4.59. The molecule has 1 atom stereocenters. The summed E-state index contributed by atoms with van der Waals surface area (Å²) in [5.41, 5.74) is -0.336. The van der Waals surface area contributed by atoms with Crippen LogP contribution in [0.15, 0.2) is 12.7 Å². The number of aromatic nitrogens is 3. The second-order valence-electron chi connectivity index (χ2n) is 5.86. The highest BCUT2D eigenvalue weighted by Gasteiger charge is 2.50. The van der Waals surface area contributed by atoms with Gasteiger partial charge in [-0.3, -0.25) is 14.4 Å². The van der Waals surface area contributed by atoms with Gasteiger partial charge in [-0.25, -0.2) is 9.78 Å². The summed E-state index contributed by atoms with van der Waals surface area (Å²) in [5, 5.41) is 4.02. The van der Waals surface area contributed by atoms with Crippen molar-refractivity contribution in [3.05, 3.63) is 12.7 Å². The summed E-state index contributed by atoms with van der Waals surface area (Å²) in [6.07, 6.45) is 4.90. The summed E-state index contributed by atoms with van der Waals surface area (Å²) in [5.74, 6) is 0.131. The standard InChI is InChI=1S/C14H21N5O3/c1-2-14-8-17(6-7-19(14)13(21)22-9-14)12(20)4-3-5-18-11-15-10-16-18/h10-11H,2-9H2,1H3. The molecule has 0 bridgehead atoms. The van der Waals surface area contributed by atoms with E-state index in [1.807, 2.05) is 11.8 Å². The summed E-state index contributed by atoms with van der Waals surface area (Å²) >= 11 is 0. The zero-order valence-corrected chi connectivity index (χ0v) is 12.8. The zero-order valence-electron chi connectivity index (χ0n) is 12.8. The van der Waals surface area contributed by atoms with E-state index >= 15 is 0 Å². The van der Waals surface area contributed by atoms with E-state index in [4.69, 9.17) is 4.74 Å². The maximum absolute atomic E-state index is 12.4. The first-order chi connectivity index (χ1) is 10.6.